The fraction of sp³-hybridized carbons (Fsp3) is 0.833. The number of thioether (sulfide) groups is 1. The highest BCUT2D eigenvalue weighted by atomic mass is 32.2. The minimum Gasteiger partial charge on any atom is -0.448 e. The van der Waals surface area contributed by atoms with Gasteiger partial charge >= 0.3 is 6.09 Å². The Morgan fingerprint density at radius 1 is 1.41 bits per heavy atom. The van der Waals surface area contributed by atoms with Gasteiger partial charge in [0.05, 0.1) is 6.61 Å². The van der Waals surface area contributed by atoms with E-state index in [9.17, 15) is 4.79 Å². The van der Waals surface area contributed by atoms with Gasteiger partial charge in [-0.2, -0.15) is 16.8 Å². The first-order valence-electron chi connectivity index (χ1n) is 6.20. The monoisotopic (exact) mass is 258 g/mol. The van der Waals surface area contributed by atoms with Gasteiger partial charge in [0.1, 0.15) is 5.84 Å². The molecule has 0 saturated carbocycles. The van der Waals surface area contributed by atoms with Crippen molar-refractivity contribution < 1.29 is 9.53 Å². The van der Waals surface area contributed by atoms with Crippen LogP contribution < -0.4 is 0 Å². The van der Waals surface area contributed by atoms with Crippen molar-refractivity contribution >= 4 is 23.7 Å². The van der Waals surface area contributed by atoms with E-state index < -0.39 is 6.09 Å². The normalized spacial score (nSPS) is 17.4. The van der Waals surface area contributed by atoms with Gasteiger partial charge in [0.2, 0.25) is 0 Å². The number of aliphatic imine (C=N–C) groups is 1. The summed E-state index contributed by atoms with van der Waals surface area (Å²) in [5.41, 5.74) is 0. The molecule has 1 fully saturated rings. The second-order valence-electron chi connectivity index (χ2n) is 4.45. The molecule has 1 heterocycles. The van der Waals surface area contributed by atoms with Crippen LogP contribution in [0.1, 0.15) is 27.2 Å². The highest BCUT2D eigenvalue weighted by Gasteiger charge is 2.15. The molecular weight excluding hydrogens is 236 g/mol. The van der Waals surface area contributed by atoms with Gasteiger partial charge in [-0.3, -0.25) is 0 Å². The van der Waals surface area contributed by atoms with Gasteiger partial charge < -0.3 is 9.64 Å². The molecule has 98 valence electrons. The van der Waals surface area contributed by atoms with Crippen LogP contribution in [0.4, 0.5) is 4.79 Å². The van der Waals surface area contributed by atoms with Crippen molar-refractivity contribution in [3.05, 3.63) is 0 Å². The van der Waals surface area contributed by atoms with E-state index in [0.29, 0.717) is 12.5 Å². The lowest BCUT2D eigenvalue weighted by Crippen LogP contribution is -2.38. The van der Waals surface area contributed by atoms with Crippen LogP contribution in [0.25, 0.3) is 0 Å². The van der Waals surface area contributed by atoms with E-state index >= 15 is 0 Å². The largest absolute Gasteiger partial charge is 0.448 e. The zero-order valence-corrected chi connectivity index (χ0v) is 11.8. The number of amidine groups is 1. The van der Waals surface area contributed by atoms with Crippen molar-refractivity contribution in [1.29, 1.82) is 0 Å². The molecule has 0 unspecified atom stereocenters. The van der Waals surface area contributed by atoms with E-state index in [0.717, 1.165) is 36.9 Å². The Morgan fingerprint density at radius 3 is 2.59 bits per heavy atom. The third-order valence-electron chi connectivity index (χ3n) is 2.45. The van der Waals surface area contributed by atoms with Crippen molar-refractivity contribution in [3.63, 3.8) is 0 Å². The zero-order valence-electron chi connectivity index (χ0n) is 10.9. The lowest BCUT2D eigenvalue weighted by atomic mass is 10.2. The smallest absolute Gasteiger partial charge is 0.435 e. The molecule has 0 aromatic rings. The molecule has 5 heteroatoms. The van der Waals surface area contributed by atoms with Crippen LogP contribution in [0.2, 0.25) is 0 Å². The van der Waals surface area contributed by atoms with Gasteiger partial charge in [0.15, 0.2) is 0 Å². The number of ether oxygens (including phenoxy) is 1. The minimum atomic E-state index is -0.450. The standard InChI is InChI=1S/C12H22N2O2S/c1-4-11(14-5-7-17-8-6-14)13-12(15)16-9-10(2)3/h10H,4-9H2,1-3H3. The van der Waals surface area contributed by atoms with Gasteiger partial charge in [-0.25, -0.2) is 4.79 Å². The predicted molar refractivity (Wildman–Crippen MR) is 72.8 cm³/mol. The molecule has 17 heavy (non-hydrogen) atoms. The molecule has 4 nitrogen and oxygen atoms in total. The molecule has 0 aromatic heterocycles. The lowest BCUT2D eigenvalue weighted by Gasteiger charge is -2.28. The molecule has 0 aromatic carbocycles. The summed E-state index contributed by atoms with van der Waals surface area (Å²) in [6, 6.07) is 0. The molecule has 0 aliphatic carbocycles. The summed E-state index contributed by atoms with van der Waals surface area (Å²) in [5, 5.41) is 0. The Labute approximate surface area is 108 Å². The average molecular weight is 258 g/mol. The van der Waals surface area contributed by atoms with Gasteiger partial charge in [-0.15, -0.1) is 0 Å². The van der Waals surface area contributed by atoms with E-state index in [2.05, 4.69) is 9.89 Å². The zero-order chi connectivity index (χ0) is 12.7. The Bertz CT molecular complexity index is 274. The van der Waals surface area contributed by atoms with Gasteiger partial charge in [0.25, 0.3) is 0 Å². The van der Waals surface area contributed by atoms with Crippen molar-refractivity contribution in [3.8, 4) is 0 Å². The summed E-state index contributed by atoms with van der Waals surface area (Å²) >= 11 is 1.95. The summed E-state index contributed by atoms with van der Waals surface area (Å²) in [6.07, 6.45) is 0.329. The molecule has 0 spiro atoms. The quantitative estimate of drug-likeness (QED) is 0.576. The van der Waals surface area contributed by atoms with Crippen LogP contribution in [0.5, 0.6) is 0 Å². The summed E-state index contributed by atoms with van der Waals surface area (Å²) in [6.45, 7) is 8.45. The predicted octanol–water partition coefficient (Wildman–Crippen LogP) is 2.64. The van der Waals surface area contributed by atoms with Crippen molar-refractivity contribution in [2.45, 2.75) is 27.2 Å². The van der Waals surface area contributed by atoms with E-state index in [1.54, 1.807) is 0 Å². The molecule has 0 bridgehead atoms. The Hall–Kier alpha value is -0.710. The summed E-state index contributed by atoms with van der Waals surface area (Å²) in [7, 11) is 0. The fourth-order valence-electron chi connectivity index (χ4n) is 1.57. The molecular formula is C12H22N2O2S. The minimum absolute atomic E-state index is 0.352. The highest BCUT2D eigenvalue weighted by molar-refractivity contribution is 7.99. The van der Waals surface area contributed by atoms with Crippen LogP contribution >= 0.6 is 11.8 Å². The fourth-order valence-corrected chi connectivity index (χ4v) is 2.47. The number of rotatable bonds is 3. The molecule has 0 N–H and O–H groups in total. The first-order valence-corrected chi connectivity index (χ1v) is 7.36. The number of amides is 1. The van der Waals surface area contributed by atoms with Crippen LogP contribution in [0.3, 0.4) is 0 Å². The maximum Gasteiger partial charge on any atom is 0.435 e. The van der Waals surface area contributed by atoms with Crippen LogP contribution in [0.15, 0.2) is 4.99 Å². The SMILES string of the molecule is CCC(=NC(=O)OCC(C)C)N1CCSCC1. The van der Waals surface area contributed by atoms with Crippen molar-refractivity contribution in [1.82, 2.24) is 4.90 Å². The highest BCUT2D eigenvalue weighted by Crippen LogP contribution is 2.11. The first-order chi connectivity index (χ1) is 8.13. The van der Waals surface area contributed by atoms with Crippen molar-refractivity contribution in [2.75, 3.05) is 31.2 Å². The number of hydrogen-bond donors (Lipinski definition) is 0. The van der Waals surface area contributed by atoms with E-state index in [1.165, 1.54) is 0 Å². The van der Waals surface area contributed by atoms with E-state index in [1.807, 2.05) is 32.5 Å². The Kier molecular flexibility index (Phi) is 6.40. The second-order valence-corrected chi connectivity index (χ2v) is 5.68. The second kappa shape index (κ2) is 7.58. The molecule has 0 atom stereocenters. The first kappa shape index (κ1) is 14.4. The summed E-state index contributed by atoms with van der Waals surface area (Å²) in [5.74, 6) is 3.44. The maximum atomic E-state index is 11.5. The van der Waals surface area contributed by atoms with Crippen LogP contribution in [-0.4, -0.2) is 48.0 Å². The molecule has 1 amide bonds. The molecule has 1 aliphatic heterocycles. The van der Waals surface area contributed by atoms with Crippen molar-refractivity contribution in [2.24, 2.45) is 10.9 Å². The van der Waals surface area contributed by atoms with Gasteiger partial charge in [0, 0.05) is 31.0 Å². The van der Waals surface area contributed by atoms with Gasteiger partial charge in [-0.05, 0) is 5.92 Å². The Balaban J connectivity index is 2.49. The summed E-state index contributed by atoms with van der Waals surface area (Å²) in [4.78, 5) is 17.8. The topological polar surface area (TPSA) is 41.9 Å². The third-order valence-corrected chi connectivity index (χ3v) is 3.40. The number of carbonyl (C=O) groups excluding carboxylic acids is 1. The van der Waals surface area contributed by atoms with Crippen LogP contribution in [0, 0.1) is 5.92 Å². The molecule has 1 saturated heterocycles. The Morgan fingerprint density at radius 2 is 2.06 bits per heavy atom. The maximum absolute atomic E-state index is 11.5. The third kappa shape index (κ3) is 5.44. The summed E-state index contributed by atoms with van der Waals surface area (Å²) < 4.78 is 5.07. The molecule has 0 radical (unpaired) electrons. The van der Waals surface area contributed by atoms with Crippen LogP contribution in [-0.2, 0) is 4.74 Å². The average Bonchev–Trinajstić information content (AvgIpc) is 2.34. The van der Waals surface area contributed by atoms with E-state index in [4.69, 9.17) is 4.74 Å². The molecule has 1 rings (SSSR count). The number of hydrogen-bond acceptors (Lipinski definition) is 3. The van der Waals surface area contributed by atoms with E-state index in [-0.39, 0.29) is 0 Å². The van der Waals surface area contributed by atoms with Gasteiger partial charge in [-0.1, -0.05) is 20.8 Å². The molecule has 1 aliphatic rings. The lowest BCUT2D eigenvalue weighted by molar-refractivity contribution is 0.143. The number of nitrogens with zero attached hydrogens (tertiary/aromatic N) is 2. The number of carbonyl (C=O) groups is 1.